The molecule has 0 saturated carbocycles. The monoisotopic (exact) mass is 436 g/mol. The third-order valence-corrected chi connectivity index (χ3v) is 5.68. The van der Waals surface area contributed by atoms with Crippen LogP contribution in [0.15, 0.2) is 59.1 Å². The Labute approximate surface area is 187 Å². The molecular weight excluding hydrogens is 408 g/mol. The summed E-state index contributed by atoms with van der Waals surface area (Å²) in [5.41, 5.74) is 1.08. The van der Waals surface area contributed by atoms with Crippen LogP contribution in [0.4, 0.5) is 0 Å². The molecule has 1 N–H and O–H groups in total. The number of ether oxygens (including phenoxy) is 1. The average molecular weight is 437 g/mol. The predicted molar refractivity (Wildman–Crippen MR) is 119 cm³/mol. The van der Waals surface area contributed by atoms with E-state index in [0.717, 1.165) is 12.0 Å². The Morgan fingerprint density at radius 1 is 1.03 bits per heavy atom. The minimum Gasteiger partial charge on any atom is -0.486 e. The number of benzene rings is 2. The molecule has 168 valence electrons. The summed E-state index contributed by atoms with van der Waals surface area (Å²) in [5, 5.41) is 13.0. The van der Waals surface area contributed by atoms with Gasteiger partial charge in [-0.25, -0.2) is 4.79 Å². The van der Waals surface area contributed by atoms with Crippen molar-refractivity contribution in [2.24, 2.45) is 17.8 Å². The van der Waals surface area contributed by atoms with Crippen LogP contribution in [0.25, 0.3) is 11.4 Å². The van der Waals surface area contributed by atoms with Crippen molar-refractivity contribution in [3.05, 3.63) is 66.1 Å². The molecule has 0 aliphatic carbocycles. The number of Topliss-reactive ketones (excluding diaryl/α,β-unsaturated/α-hetero) is 1. The van der Waals surface area contributed by atoms with E-state index in [1.54, 1.807) is 12.1 Å². The molecule has 3 aromatic rings. The lowest BCUT2D eigenvalue weighted by Gasteiger charge is -2.26. The second kappa shape index (κ2) is 10.7. The Morgan fingerprint density at radius 2 is 1.72 bits per heavy atom. The molecular formula is C25H28N2O5. The molecule has 2 aromatic carbocycles. The molecule has 7 nitrogen and oxygen atoms in total. The van der Waals surface area contributed by atoms with Crippen molar-refractivity contribution in [2.45, 2.75) is 33.6 Å². The zero-order valence-electron chi connectivity index (χ0n) is 18.5. The van der Waals surface area contributed by atoms with E-state index in [0.29, 0.717) is 29.8 Å². The molecule has 2 unspecified atom stereocenters. The summed E-state index contributed by atoms with van der Waals surface area (Å²) in [5.74, 6) is 0.811. The van der Waals surface area contributed by atoms with Crippen molar-refractivity contribution in [2.75, 3.05) is 6.61 Å². The molecule has 0 amide bonds. The Balaban J connectivity index is 1.55. The first-order chi connectivity index (χ1) is 15.3. The fraction of sp³-hybridized carbons (Fsp3) is 0.360. The molecule has 0 saturated heterocycles. The van der Waals surface area contributed by atoms with Crippen LogP contribution in [-0.4, -0.2) is 33.6 Å². The molecule has 1 heterocycles. The van der Waals surface area contributed by atoms with Gasteiger partial charge in [0.2, 0.25) is 11.7 Å². The van der Waals surface area contributed by atoms with Gasteiger partial charge in [0.1, 0.15) is 12.4 Å². The number of carbonyl (C=O) groups is 2. The summed E-state index contributed by atoms with van der Waals surface area (Å²) in [6.45, 7) is 6.06. The highest BCUT2D eigenvalue weighted by atomic mass is 16.5. The van der Waals surface area contributed by atoms with Crippen LogP contribution in [0.5, 0.6) is 5.75 Å². The van der Waals surface area contributed by atoms with Crippen molar-refractivity contribution in [3.63, 3.8) is 0 Å². The number of aromatic nitrogens is 2. The van der Waals surface area contributed by atoms with Crippen molar-refractivity contribution in [3.8, 4) is 17.1 Å². The number of ketones is 1. The SMILES string of the molecule is CC(C)C(CCc1nc(-c2ccccc2)no1)C(C)C(=O)COc1ccc(C(=O)O)cc1. The molecule has 0 bridgehead atoms. The zero-order chi connectivity index (χ0) is 23.1. The van der Waals surface area contributed by atoms with E-state index in [9.17, 15) is 9.59 Å². The van der Waals surface area contributed by atoms with Gasteiger partial charge in [-0.2, -0.15) is 4.98 Å². The van der Waals surface area contributed by atoms with Gasteiger partial charge in [-0.15, -0.1) is 0 Å². The quantitative estimate of drug-likeness (QED) is 0.455. The average Bonchev–Trinajstić information content (AvgIpc) is 3.27. The highest BCUT2D eigenvalue weighted by Gasteiger charge is 2.27. The standard InChI is InChI=1S/C25H28N2O5/c1-16(2)21(13-14-23-26-24(27-32-23)18-7-5-4-6-8-18)17(3)22(28)15-31-20-11-9-19(10-12-20)25(29)30/h4-12,16-17,21H,13-15H2,1-3H3,(H,29,30). The summed E-state index contributed by atoms with van der Waals surface area (Å²) >= 11 is 0. The second-order valence-corrected chi connectivity index (χ2v) is 8.20. The van der Waals surface area contributed by atoms with Gasteiger partial charge in [0.25, 0.3) is 0 Å². The van der Waals surface area contributed by atoms with Crippen LogP contribution in [0, 0.1) is 17.8 Å². The number of rotatable bonds is 11. The molecule has 2 atom stereocenters. The molecule has 7 heteroatoms. The molecule has 0 aliphatic heterocycles. The van der Waals surface area contributed by atoms with Crippen LogP contribution >= 0.6 is 0 Å². The summed E-state index contributed by atoms with van der Waals surface area (Å²) in [4.78, 5) is 28.2. The van der Waals surface area contributed by atoms with Crippen molar-refractivity contribution >= 4 is 11.8 Å². The minimum absolute atomic E-state index is 0.00140. The van der Waals surface area contributed by atoms with Crippen LogP contribution in [0.3, 0.4) is 0 Å². The van der Waals surface area contributed by atoms with E-state index in [4.69, 9.17) is 14.4 Å². The van der Waals surface area contributed by atoms with Gasteiger partial charge < -0.3 is 14.4 Å². The molecule has 32 heavy (non-hydrogen) atoms. The lowest BCUT2D eigenvalue weighted by atomic mass is 9.79. The first-order valence-corrected chi connectivity index (χ1v) is 10.7. The Bertz CT molecular complexity index is 1030. The molecule has 0 aliphatic rings. The van der Waals surface area contributed by atoms with Crippen LogP contribution in [-0.2, 0) is 11.2 Å². The number of aryl methyl sites for hydroxylation is 1. The van der Waals surface area contributed by atoms with Gasteiger partial charge in [0, 0.05) is 17.9 Å². The zero-order valence-corrected chi connectivity index (χ0v) is 18.5. The second-order valence-electron chi connectivity index (χ2n) is 8.20. The maximum atomic E-state index is 12.8. The first-order valence-electron chi connectivity index (χ1n) is 10.7. The smallest absolute Gasteiger partial charge is 0.335 e. The third-order valence-electron chi connectivity index (χ3n) is 5.68. The summed E-state index contributed by atoms with van der Waals surface area (Å²) < 4.78 is 11.0. The Hall–Kier alpha value is -3.48. The van der Waals surface area contributed by atoms with E-state index in [-0.39, 0.29) is 29.8 Å². The van der Waals surface area contributed by atoms with Crippen molar-refractivity contribution < 1.29 is 24.0 Å². The number of carboxylic acids is 1. The van der Waals surface area contributed by atoms with E-state index in [1.807, 2.05) is 37.3 Å². The number of carbonyl (C=O) groups excluding carboxylic acids is 1. The van der Waals surface area contributed by atoms with Gasteiger partial charge in [0.05, 0.1) is 5.56 Å². The molecule has 1 aromatic heterocycles. The van der Waals surface area contributed by atoms with E-state index in [1.165, 1.54) is 12.1 Å². The van der Waals surface area contributed by atoms with E-state index < -0.39 is 5.97 Å². The lowest BCUT2D eigenvalue weighted by Crippen LogP contribution is -2.29. The highest BCUT2D eigenvalue weighted by Crippen LogP contribution is 2.27. The number of nitrogens with zero attached hydrogens (tertiary/aromatic N) is 2. The van der Waals surface area contributed by atoms with Crippen LogP contribution in [0.1, 0.15) is 43.4 Å². The van der Waals surface area contributed by atoms with Crippen molar-refractivity contribution in [1.29, 1.82) is 0 Å². The fourth-order valence-electron chi connectivity index (χ4n) is 3.73. The summed E-state index contributed by atoms with van der Waals surface area (Å²) in [6, 6.07) is 15.7. The summed E-state index contributed by atoms with van der Waals surface area (Å²) in [7, 11) is 0. The number of hydrogen-bond acceptors (Lipinski definition) is 6. The van der Waals surface area contributed by atoms with Crippen molar-refractivity contribution in [1.82, 2.24) is 10.1 Å². The molecule has 0 fully saturated rings. The Kier molecular flexibility index (Phi) is 7.76. The minimum atomic E-state index is -1.00. The maximum Gasteiger partial charge on any atom is 0.335 e. The molecule has 3 rings (SSSR count). The third kappa shape index (κ3) is 6.03. The summed E-state index contributed by atoms with van der Waals surface area (Å²) in [6.07, 6.45) is 1.34. The van der Waals surface area contributed by atoms with E-state index >= 15 is 0 Å². The van der Waals surface area contributed by atoms with Gasteiger partial charge in [-0.05, 0) is 42.5 Å². The van der Waals surface area contributed by atoms with Gasteiger partial charge in [0.15, 0.2) is 5.78 Å². The maximum absolute atomic E-state index is 12.8. The van der Waals surface area contributed by atoms with Crippen LogP contribution in [0.2, 0.25) is 0 Å². The van der Waals surface area contributed by atoms with Gasteiger partial charge in [-0.3, -0.25) is 4.79 Å². The normalized spacial score (nSPS) is 13.0. The number of hydrogen-bond donors (Lipinski definition) is 1. The van der Waals surface area contributed by atoms with Gasteiger partial charge >= 0.3 is 5.97 Å². The van der Waals surface area contributed by atoms with E-state index in [2.05, 4.69) is 24.0 Å². The van der Waals surface area contributed by atoms with Crippen LogP contribution < -0.4 is 4.74 Å². The highest BCUT2D eigenvalue weighted by molar-refractivity contribution is 5.87. The largest absolute Gasteiger partial charge is 0.486 e. The molecule has 0 spiro atoms. The fourth-order valence-corrected chi connectivity index (χ4v) is 3.73. The predicted octanol–water partition coefficient (Wildman–Crippen LogP) is 4.92. The first kappa shape index (κ1) is 23.2. The Morgan fingerprint density at radius 3 is 2.34 bits per heavy atom. The molecule has 0 radical (unpaired) electrons. The van der Waals surface area contributed by atoms with Gasteiger partial charge in [-0.1, -0.05) is 56.3 Å². The number of carboxylic acid groups (broad SMARTS) is 1. The topological polar surface area (TPSA) is 103 Å². The number of aromatic carboxylic acids is 1. The lowest BCUT2D eigenvalue weighted by molar-refractivity contribution is -0.126.